The van der Waals surface area contributed by atoms with E-state index in [4.69, 9.17) is 9.47 Å². The third-order valence-electron chi connectivity index (χ3n) is 8.87. The van der Waals surface area contributed by atoms with Crippen molar-refractivity contribution in [1.29, 1.82) is 0 Å². The SMILES string of the molecule is CC[C@H]1CN2CCc3cc(OC)c(OC)cc3[C@@H]2C[C@@H]1CC1NCCc2c1[nH]c1ccc(O)cc21. The van der Waals surface area contributed by atoms with Crippen molar-refractivity contribution in [3.05, 3.63) is 52.7 Å². The Kier molecular flexibility index (Phi) is 5.89. The van der Waals surface area contributed by atoms with E-state index < -0.39 is 0 Å². The summed E-state index contributed by atoms with van der Waals surface area (Å²) in [5.41, 5.74) is 6.66. The number of phenolic OH excluding ortho intramolecular Hbond substituents is 1. The van der Waals surface area contributed by atoms with E-state index >= 15 is 0 Å². The molecule has 3 aromatic rings. The van der Waals surface area contributed by atoms with Gasteiger partial charge in [-0.15, -0.1) is 0 Å². The molecule has 6 nitrogen and oxygen atoms in total. The summed E-state index contributed by atoms with van der Waals surface area (Å²) in [6.07, 6.45) is 5.60. The molecule has 3 N–H and O–H groups in total. The quantitative estimate of drug-likeness (QED) is 0.478. The highest BCUT2D eigenvalue weighted by atomic mass is 16.5. The third-order valence-corrected chi connectivity index (χ3v) is 8.87. The molecule has 0 saturated carbocycles. The minimum absolute atomic E-state index is 0.326. The van der Waals surface area contributed by atoms with Crippen molar-refractivity contribution in [2.24, 2.45) is 11.8 Å². The summed E-state index contributed by atoms with van der Waals surface area (Å²) in [6.45, 7) is 5.63. The maximum atomic E-state index is 10.1. The number of rotatable bonds is 5. The zero-order valence-corrected chi connectivity index (χ0v) is 21.1. The zero-order chi connectivity index (χ0) is 24.1. The Hall–Kier alpha value is -2.70. The fraction of sp³-hybridized carbons (Fsp3) is 0.517. The molecule has 6 heteroatoms. The van der Waals surface area contributed by atoms with Crippen LogP contribution in [0.4, 0.5) is 0 Å². The number of aromatic amines is 1. The van der Waals surface area contributed by atoms with Crippen LogP contribution >= 0.6 is 0 Å². The van der Waals surface area contributed by atoms with Crippen LogP contribution in [-0.4, -0.2) is 48.8 Å². The molecule has 0 bridgehead atoms. The van der Waals surface area contributed by atoms with E-state index in [1.165, 1.54) is 47.2 Å². The van der Waals surface area contributed by atoms with Crippen LogP contribution < -0.4 is 14.8 Å². The molecular formula is C29H37N3O3. The Morgan fingerprint density at radius 1 is 1.06 bits per heavy atom. The highest BCUT2D eigenvalue weighted by Crippen LogP contribution is 2.47. The molecule has 6 rings (SSSR count). The first-order valence-corrected chi connectivity index (χ1v) is 13.1. The second-order valence-electron chi connectivity index (χ2n) is 10.6. The van der Waals surface area contributed by atoms with Gasteiger partial charge in [0.2, 0.25) is 0 Å². The van der Waals surface area contributed by atoms with Crippen molar-refractivity contribution in [3.63, 3.8) is 0 Å². The first-order valence-electron chi connectivity index (χ1n) is 13.1. The summed E-state index contributed by atoms with van der Waals surface area (Å²) < 4.78 is 11.3. The monoisotopic (exact) mass is 475 g/mol. The van der Waals surface area contributed by atoms with Crippen LogP contribution in [0, 0.1) is 11.8 Å². The van der Waals surface area contributed by atoms with Gasteiger partial charge >= 0.3 is 0 Å². The molecule has 2 aromatic carbocycles. The van der Waals surface area contributed by atoms with Crippen molar-refractivity contribution >= 4 is 10.9 Å². The molecule has 0 spiro atoms. The second-order valence-corrected chi connectivity index (χ2v) is 10.6. The molecule has 186 valence electrons. The van der Waals surface area contributed by atoms with Gasteiger partial charge in [0.1, 0.15) is 5.75 Å². The van der Waals surface area contributed by atoms with Crippen molar-refractivity contribution in [2.45, 2.75) is 51.1 Å². The molecule has 35 heavy (non-hydrogen) atoms. The number of H-pyrrole nitrogens is 1. The van der Waals surface area contributed by atoms with E-state index in [0.717, 1.165) is 49.4 Å². The number of aromatic hydroxyl groups is 1. The first-order chi connectivity index (χ1) is 17.1. The molecule has 3 aliphatic rings. The van der Waals surface area contributed by atoms with Crippen molar-refractivity contribution in [1.82, 2.24) is 15.2 Å². The molecule has 3 aliphatic heterocycles. The Labute approximate surface area is 207 Å². The number of hydrogen-bond acceptors (Lipinski definition) is 5. The van der Waals surface area contributed by atoms with Gasteiger partial charge in [0.05, 0.1) is 14.2 Å². The number of piperidine rings is 1. The average molecular weight is 476 g/mol. The van der Waals surface area contributed by atoms with Crippen LogP contribution in [0.5, 0.6) is 17.2 Å². The van der Waals surface area contributed by atoms with Crippen molar-refractivity contribution in [2.75, 3.05) is 33.9 Å². The average Bonchev–Trinajstić information content (AvgIpc) is 3.26. The molecule has 1 fully saturated rings. The number of hydrogen-bond donors (Lipinski definition) is 3. The molecule has 0 aliphatic carbocycles. The number of fused-ring (bicyclic) bond motifs is 6. The Morgan fingerprint density at radius 2 is 1.89 bits per heavy atom. The minimum Gasteiger partial charge on any atom is -0.508 e. The van der Waals surface area contributed by atoms with E-state index in [2.05, 4.69) is 34.3 Å². The number of benzene rings is 2. The van der Waals surface area contributed by atoms with E-state index in [-0.39, 0.29) is 0 Å². The van der Waals surface area contributed by atoms with Gasteiger partial charge in [0, 0.05) is 41.8 Å². The molecule has 4 atom stereocenters. The largest absolute Gasteiger partial charge is 0.508 e. The third kappa shape index (κ3) is 3.87. The van der Waals surface area contributed by atoms with Gasteiger partial charge in [-0.25, -0.2) is 0 Å². The number of nitrogens with zero attached hydrogens (tertiary/aromatic N) is 1. The maximum absolute atomic E-state index is 10.1. The van der Waals surface area contributed by atoms with Crippen LogP contribution in [0.25, 0.3) is 10.9 Å². The van der Waals surface area contributed by atoms with Gasteiger partial charge in [-0.3, -0.25) is 4.90 Å². The Morgan fingerprint density at radius 3 is 2.69 bits per heavy atom. The van der Waals surface area contributed by atoms with Gasteiger partial charge < -0.3 is 24.9 Å². The fourth-order valence-electron chi connectivity index (χ4n) is 7.06. The van der Waals surface area contributed by atoms with E-state index in [1.54, 1.807) is 20.3 Å². The lowest BCUT2D eigenvalue weighted by Gasteiger charge is -2.48. The molecule has 4 heterocycles. The van der Waals surface area contributed by atoms with Crippen LogP contribution in [0.15, 0.2) is 30.3 Å². The van der Waals surface area contributed by atoms with Gasteiger partial charge in [-0.05, 0) is 91.1 Å². The molecule has 0 radical (unpaired) electrons. The van der Waals surface area contributed by atoms with E-state index in [9.17, 15) is 5.11 Å². The highest BCUT2D eigenvalue weighted by molar-refractivity contribution is 5.86. The predicted octanol–water partition coefficient (Wildman–Crippen LogP) is 5.11. The number of ether oxygens (including phenoxy) is 2. The molecule has 1 unspecified atom stereocenters. The summed E-state index contributed by atoms with van der Waals surface area (Å²) in [5, 5.41) is 15.1. The van der Waals surface area contributed by atoms with Gasteiger partial charge in [0.15, 0.2) is 11.5 Å². The minimum atomic E-state index is 0.326. The summed E-state index contributed by atoms with van der Waals surface area (Å²) >= 11 is 0. The summed E-state index contributed by atoms with van der Waals surface area (Å²) in [6, 6.07) is 10.9. The molecule has 0 amide bonds. The topological polar surface area (TPSA) is 69.8 Å². The van der Waals surface area contributed by atoms with Crippen LogP contribution in [0.2, 0.25) is 0 Å². The molecule has 1 saturated heterocycles. The normalized spacial score (nSPS) is 26.1. The number of nitrogens with one attached hydrogen (secondary N) is 2. The Balaban J connectivity index is 1.30. The van der Waals surface area contributed by atoms with Gasteiger partial charge in [-0.1, -0.05) is 13.3 Å². The lowest BCUT2D eigenvalue weighted by molar-refractivity contribution is 0.0433. The first kappa shape index (κ1) is 22.7. The van der Waals surface area contributed by atoms with Crippen LogP contribution in [0.1, 0.15) is 60.7 Å². The van der Waals surface area contributed by atoms with Crippen LogP contribution in [0.3, 0.4) is 0 Å². The van der Waals surface area contributed by atoms with E-state index in [0.29, 0.717) is 29.7 Å². The zero-order valence-electron chi connectivity index (χ0n) is 21.1. The van der Waals surface area contributed by atoms with Gasteiger partial charge in [0.25, 0.3) is 0 Å². The Bertz CT molecular complexity index is 1240. The van der Waals surface area contributed by atoms with E-state index in [1.807, 2.05) is 12.1 Å². The lowest BCUT2D eigenvalue weighted by atomic mass is 9.73. The summed E-state index contributed by atoms with van der Waals surface area (Å²) in [4.78, 5) is 6.41. The number of aromatic nitrogens is 1. The molecular weight excluding hydrogens is 438 g/mol. The molecule has 1 aromatic heterocycles. The number of methoxy groups -OCH3 is 2. The number of phenols is 1. The lowest BCUT2D eigenvalue weighted by Crippen LogP contribution is -2.46. The second kappa shape index (κ2) is 9.07. The maximum Gasteiger partial charge on any atom is 0.161 e. The van der Waals surface area contributed by atoms with Gasteiger partial charge in [-0.2, -0.15) is 0 Å². The van der Waals surface area contributed by atoms with Crippen molar-refractivity contribution < 1.29 is 14.6 Å². The highest BCUT2D eigenvalue weighted by Gasteiger charge is 2.40. The predicted molar refractivity (Wildman–Crippen MR) is 138 cm³/mol. The summed E-state index contributed by atoms with van der Waals surface area (Å²) in [5.74, 6) is 3.36. The standard InChI is InChI=1S/C29H37N3O3/c1-4-17-16-32-10-8-18-13-27(34-2)28(35-3)15-22(18)26(32)12-19(17)11-25-29-21(7-9-30-25)23-14-20(33)5-6-24(23)31-29/h5-6,13-15,17,19,25-26,30-31,33H,4,7-12,16H2,1-3H3/t17-,19-,25?,26-/m0/s1. The fourth-order valence-corrected chi connectivity index (χ4v) is 7.06. The smallest absolute Gasteiger partial charge is 0.161 e. The van der Waals surface area contributed by atoms with Crippen molar-refractivity contribution in [3.8, 4) is 17.2 Å². The van der Waals surface area contributed by atoms with Crippen LogP contribution in [-0.2, 0) is 12.8 Å². The summed E-state index contributed by atoms with van der Waals surface area (Å²) in [7, 11) is 3.45.